The first-order valence-corrected chi connectivity index (χ1v) is 11.6. The number of amides is 1. The molecule has 31 heavy (non-hydrogen) atoms. The summed E-state index contributed by atoms with van der Waals surface area (Å²) in [6.07, 6.45) is -2.16. The van der Waals surface area contributed by atoms with Gasteiger partial charge in [0.25, 0.3) is 5.91 Å². The van der Waals surface area contributed by atoms with Gasteiger partial charge in [0, 0.05) is 26.1 Å². The first-order valence-electron chi connectivity index (χ1n) is 10.0. The van der Waals surface area contributed by atoms with E-state index >= 15 is 0 Å². The topological polar surface area (TPSA) is 94.2 Å². The minimum atomic E-state index is -4.42. The van der Waals surface area contributed by atoms with Gasteiger partial charge in [0.15, 0.2) is 6.29 Å². The van der Waals surface area contributed by atoms with E-state index in [1.165, 1.54) is 16.4 Å². The van der Waals surface area contributed by atoms with Gasteiger partial charge < -0.3 is 9.47 Å². The Balaban J connectivity index is 1.43. The lowest BCUT2D eigenvalue weighted by Crippen LogP contribution is -2.45. The van der Waals surface area contributed by atoms with Crippen LogP contribution in [0, 0.1) is 0 Å². The molecular weight excluding hydrogens is 441 g/mol. The lowest BCUT2D eigenvalue weighted by Gasteiger charge is -2.31. The SMILES string of the molecule is O=C(CS(=O)(=O)N1CCC(Oc2ccc(C(F)(F)F)cc2)CC1)NOC1CCCCO1. The molecule has 1 amide bonds. The van der Waals surface area contributed by atoms with E-state index in [0.29, 0.717) is 25.9 Å². The highest BCUT2D eigenvalue weighted by Gasteiger charge is 2.32. The molecule has 174 valence electrons. The number of piperidine rings is 1. The van der Waals surface area contributed by atoms with Gasteiger partial charge >= 0.3 is 6.18 Å². The van der Waals surface area contributed by atoms with E-state index < -0.39 is 39.7 Å². The van der Waals surface area contributed by atoms with Gasteiger partial charge in [-0.25, -0.2) is 23.0 Å². The second kappa shape index (κ2) is 10.2. The summed E-state index contributed by atoms with van der Waals surface area (Å²) < 4.78 is 75.0. The Morgan fingerprint density at radius 2 is 1.81 bits per heavy atom. The number of carbonyl (C=O) groups is 1. The van der Waals surface area contributed by atoms with Gasteiger partial charge in [-0.2, -0.15) is 13.2 Å². The summed E-state index contributed by atoms with van der Waals surface area (Å²) in [4.78, 5) is 17.0. The Bertz CT molecular complexity index is 833. The van der Waals surface area contributed by atoms with Crippen LogP contribution in [0.4, 0.5) is 13.2 Å². The lowest BCUT2D eigenvalue weighted by molar-refractivity contribution is -0.199. The number of nitrogens with zero attached hydrogens (tertiary/aromatic N) is 1. The van der Waals surface area contributed by atoms with Gasteiger partial charge in [0.05, 0.1) is 5.56 Å². The van der Waals surface area contributed by atoms with E-state index in [0.717, 1.165) is 25.0 Å². The largest absolute Gasteiger partial charge is 0.490 e. The molecule has 2 saturated heterocycles. The van der Waals surface area contributed by atoms with Crippen molar-refractivity contribution in [1.29, 1.82) is 0 Å². The third-order valence-electron chi connectivity index (χ3n) is 5.03. The molecule has 0 spiro atoms. The number of carbonyl (C=O) groups excluding carboxylic acids is 1. The monoisotopic (exact) mass is 466 g/mol. The molecule has 1 aromatic carbocycles. The van der Waals surface area contributed by atoms with Crippen molar-refractivity contribution in [2.24, 2.45) is 0 Å². The zero-order valence-corrected chi connectivity index (χ0v) is 17.6. The Morgan fingerprint density at radius 3 is 2.39 bits per heavy atom. The molecule has 0 aliphatic carbocycles. The highest BCUT2D eigenvalue weighted by atomic mass is 32.2. The molecule has 1 N–H and O–H groups in total. The van der Waals surface area contributed by atoms with Gasteiger partial charge in [-0.3, -0.25) is 4.79 Å². The fourth-order valence-electron chi connectivity index (χ4n) is 3.37. The number of nitrogens with one attached hydrogen (secondary N) is 1. The van der Waals surface area contributed by atoms with Gasteiger partial charge in [-0.05, 0) is 49.9 Å². The average Bonchev–Trinajstić information content (AvgIpc) is 2.73. The van der Waals surface area contributed by atoms with E-state index in [2.05, 4.69) is 5.48 Å². The van der Waals surface area contributed by atoms with Crippen LogP contribution in [-0.2, 0) is 30.6 Å². The molecule has 0 saturated carbocycles. The number of benzene rings is 1. The Morgan fingerprint density at radius 1 is 1.13 bits per heavy atom. The predicted octanol–water partition coefficient (Wildman–Crippen LogP) is 2.45. The first kappa shape index (κ1) is 23.8. The fourth-order valence-corrected chi connectivity index (χ4v) is 4.71. The summed E-state index contributed by atoms with van der Waals surface area (Å²) in [6.45, 7) is 0.823. The van der Waals surface area contributed by atoms with Gasteiger partial charge in [0.1, 0.15) is 17.6 Å². The molecule has 2 aliphatic rings. The Hall–Kier alpha value is -1.89. The number of sulfonamides is 1. The van der Waals surface area contributed by atoms with E-state index in [1.54, 1.807) is 0 Å². The minimum absolute atomic E-state index is 0.146. The van der Waals surface area contributed by atoms with Crippen LogP contribution in [0.2, 0.25) is 0 Å². The first-order chi connectivity index (χ1) is 14.6. The molecular formula is C19H25F3N2O6S. The molecule has 0 bridgehead atoms. The number of hydroxylamine groups is 1. The maximum Gasteiger partial charge on any atom is 0.416 e. The number of rotatable bonds is 7. The van der Waals surface area contributed by atoms with Crippen molar-refractivity contribution < 1.29 is 40.7 Å². The number of hydrogen-bond donors (Lipinski definition) is 1. The van der Waals surface area contributed by atoms with E-state index in [-0.39, 0.29) is 24.9 Å². The second-order valence-corrected chi connectivity index (χ2v) is 9.40. The molecule has 1 aromatic rings. The molecule has 12 heteroatoms. The molecule has 1 unspecified atom stereocenters. The van der Waals surface area contributed by atoms with E-state index in [9.17, 15) is 26.4 Å². The molecule has 2 aliphatic heterocycles. The van der Waals surface area contributed by atoms with Gasteiger partial charge in [-0.15, -0.1) is 0 Å². The Kier molecular flexibility index (Phi) is 7.78. The molecule has 0 aromatic heterocycles. The molecule has 8 nitrogen and oxygen atoms in total. The number of ether oxygens (including phenoxy) is 2. The molecule has 2 fully saturated rings. The van der Waals surface area contributed by atoms with Crippen LogP contribution >= 0.6 is 0 Å². The van der Waals surface area contributed by atoms with Crippen LogP contribution in [0.25, 0.3) is 0 Å². The summed E-state index contributed by atoms with van der Waals surface area (Å²) >= 11 is 0. The Labute approximate surface area is 178 Å². The summed E-state index contributed by atoms with van der Waals surface area (Å²) in [5.41, 5.74) is 1.36. The van der Waals surface area contributed by atoms with Crippen LogP contribution in [0.5, 0.6) is 5.75 Å². The minimum Gasteiger partial charge on any atom is -0.490 e. The van der Waals surface area contributed by atoms with Gasteiger partial charge in [-0.1, -0.05) is 0 Å². The standard InChI is InChI=1S/C19H25F3N2O6S/c20-19(21,22)14-4-6-15(7-5-14)29-16-8-10-24(11-9-16)31(26,27)13-17(25)23-30-18-3-1-2-12-28-18/h4-7,16,18H,1-3,8-13H2,(H,23,25). The summed E-state index contributed by atoms with van der Waals surface area (Å²) in [5, 5.41) is 0. The van der Waals surface area contributed by atoms with Crippen LogP contribution in [0.15, 0.2) is 24.3 Å². The maximum absolute atomic E-state index is 12.6. The lowest BCUT2D eigenvalue weighted by atomic mass is 10.1. The van der Waals surface area contributed by atoms with Crippen LogP contribution in [0.1, 0.15) is 37.7 Å². The predicted molar refractivity (Wildman–Crippen MR) is 103 cm³/mol. The molecule has 2 heterocycles. The summed E-state index contributed by atoms with van der Waals surface area (Å²) in [6, 6.07) is 4.36. The molecule has 0 radical (unpaired) electrons. The third kappa shape index (κ3) is 7.06. The second-order valence-electron chi connectivity index (χ2n) is 7.43. The summed E-state index contributed by atoms with van der Waals surface area (Å²) in [5.74, 6) is -1.24. The highest BCUT2D eigenvalue weighted by molar-refractivity contribution is 7.89. The number of alkyl halides is 3. The zero-order valence-electron chi connectivity index (χ0n) is 16.8. The van der Waals surface area contributed by atoms with E-state index in [4.69, 9.17) is 14.3 Å². The van der Waals surface area contributed by atoms with Crippen LogP contribution in [-0.4, -0.2) is 56.5 Å². The average molecular weight is 466 g/mol. The quantitative estimate of drug-likeness (QED) is 0.621. The number of hydrogen-bond acceptors (Lipinski definition) is 6. The van der Waals surface area contributed by atoms with Crippen molar-refractivity contribution in [1.82, 2.24) is 9.79 Å². The van der Waals surface area contributed by atoms with Crippen molar-refractivity contribution in [2.45, 2.75) is 50.7 Å². The summed E-state index contributed by atoms with van der Waals surface area (Å²) in [7, 11) is -3.83. The molecule has 1 atom stereocenters. The highest BCUT2D eigenvalue weighted by Crippen LogP contribution is 2.31. The van der Waals surface area contributed by atoms with Crippen molar-refractivity contribution in [3.05, 3.63) is 29.8 Å². The van der Waals surface area contributed by atoms with Crippen molar-refractivity contribution in [3.63, 3.8) is 0 Å². The molecule has 3 rings (SSSR count). The normalized spacial score (nSPS) is 21.6. The van der Waals surface area contributed by atoms with Crippen molar-refractivity contribution in [3.8, 4) is 5.75 Å². The van der Waals surface area contributed by atoms with Crippen LogP contribution in [0.3, 0.4) is 0 Å². The number of halogens is 3. The smallest absolute Gasteiger partial charge is 0.416 e. The zero-order chi connectivity index (χ0) is 22.5. The maximum atomic E-state index is 12.6. The van der Waals surface area contributed by atoms with Crippen molar-refractivity contribution in [2.75, 3.05) is 25.4 Å². The van der Waals surface area contributed by atoms with Gasteiger partial charge in [0.2, 0.25) is 10.0 Å². The van der Waals surface area contributed by atoms with Crippen molar-refractivity contribution >= 4 is 15.9 Å². The van der Waals surface area contributed by atoms with Crippen LogP contribution < -0.4 is 10.2 Å². The third-order valence-corrected chi connectivity index (χ3v) is 6.81. The fraction of sp³-hybridized carbons (Fsp3) is 0.632. The van der Waals surface area contributed by atoms with E-state index in [1.807, 2.05) is 0 Å².